The molecular weight excluding hydrogens is 324 g/mol. The molecule has 23 heavy (non-hydrogen) atoms. The predicted molar refractivity (Wildman–Crippen MR) is 83.4 cm³/mol. The van der Waals surface area contributed by atoms with E-state index in [0.29, 0.717) is 0 Å². The van der Waals surface area contributed by atoms with E-state index >= 15 is 0 Å². The van der Waals surface area contributed by atoms with Gasteiger partial charge in [0.15, 0.2) is 6.61 Å². The summed E-state index contributed by atoms with van der Waals surface area (Å²) in [7, 11) is 0. The van der Waals surface area contributed by atoms with Crippen molar-refractivity contribution in [2.45, 2.75) is 38.1 Å². The maximum Gasteiger partial charge on any atom is 0.340 e. The number of carbonyl (C=O) groups is 2. The van der Waals surface area contributed by atoms with Crippen LogP contribution >= 0.6 is 11.6 Å². The lowest BCUT2D eigenvalue weighted by atomic mass is 9.95. The SMILES string of the molecule is O=C(COC(=O)c1ccc([N+](=O)[O-])cc1Cl)NC1CCCCC1. The fraction of sp³-hybridized carbons (Fsp3) is 0.467. The molecule has 1 fully saturated rings. The number of nitrogens with one attached hydrogen (secondary N) is 1. The second kappa shape index (κ2) is 7.92. The number of non-ortho nitro benzene ring substituents is 1. The average molecular weight is 341 g/mol. The molecule has 1 aliphatic rings. The van der Waals surface area contributed by atoms with Crippen molar-refractivity contribution in [3.63, 3.8) is 0 Å². The van der Waals surface area contributed by atoms with Crippen molar-refractivity contribution in [2.24, 2.45) is 0 Å². The largest absolute Gasteiger partial charge is 0.452 e. The topological polar surface area (TPSA) is 98.5 Å². The van der Waals surface area contributed by atoms with Crippen LogP contribution in [0.4, 0.5) is 5.69 Å². The molecule has 8 heteroatoms. The normalized spacial score (nSPS) is 15.0. The molecule has 1 saturated carbocycles. The van der Waals surface area contributed by atoms with Crippen molar-refractivity contribution < 1.29 is 19.2 Å². The van der Waals surface area contributed by atoms with E-state index in [1.54, 1.807) is 0 Å². The third-order valence-electron chi connectivity index (χ3n) is 3.69. The zero-order chi connectivity index (χ0) is 16.8. The summed E-state index contributed by atoms with van der Waals surface area (Å²) in [5.41, 5.74) is -0.232. The summed E-state index contributed by atoms with van der Waals surface area (Å²) in [6, 6.07) is 3.57. The molecule has 124 valence electrons. The summed E-state index contributed by atoms with van der Waals surface area (Å²) >= 11 is 5.83. The Morgan fingerprint density at radius 3 is 2.61 bits per heavy atom. The van der Waals surface area contributed by atoms with Gasteiger partial charge in [-0.2, -0.15) is 0 Å². The van der Waals surface area contributed by atoms with Gasteiger partial charge in [-0.3, -0.25) is 14.9 Å². The smallest absolute Gasteiger partial charge is 0.340 e. The Hall–Kier alpha value is -2.15. The highest BCUT2D eigenvalue weighted by atomic mass is 35.5. The third-order valence-corrected chi connectivity index (χ3v) is 4.00. The number of rotatable bonds is 5. The second-order valence-electron chi connectivity index (χ2n) is 5.40. The van der Waals surface area contributed by atoms with E-state index in [1.807, 2.05) is 0 Å². The summed E-state index contributed by atoms with van der Waals surface area (Å²) in [6.45, 7) is -0.400. The number of hydrogen-bond donors (Lipinski definition) is 1. The minimum absolute atomic E-state index is 0.0114. The van der Waals surface area contributed by atoms with Crippen LogP contribution in [0.1, 0.15) is 42.5 Å². The Bertz CT molecular complexity index is 614. The summed E-state index contributed by atoms with van der Waals surface area (Å²) < 4.78 is 4.91. The van der Waals surface area contributed by atoms with Crippen LogP contribution < -0.4 is 5.32 Å². The number of nitro groups is 1. The molecule has 1 aromatic carbocycles. The Kier molecular flexibility index (Phi) is 5.92. The standard InChI is InChI=1S/C15H17ClN2O5/c16-13-8-11(18(21)22)6-7-12(13)15(20)23-9-14(19)17-10-4-2-1-3-5-10/h6-8,10H,1-5,9H2,(H,17,19). The fourth-order valence-corrected chi connectivity index (χ4v) is 2.76. The molecule has 1 aromatic rings. The van der Waals surface area contributed by atoms with Gasteiger partial charge in [0.05, 0.1) is 15.5 Å². The van der Waals surface area contributed by atoms with Gasteiger partial charge >= 0.3 is 5.97 Å². The van der Waals surface area contributed by atoms with E-state index in [9.17, 15) is 19.7 Å². The first kappa shape index (κ1) is 17.2. The number of benzene rings is 1. The molecule has 1 N–H and O–H groups in total. The van der Waals surface area contributed by atoms with Gasteiger partial charge in [-0.1, -0.05) is 30.9 Å². The van der Waals surface area contributed by atoms with E-state index in [-0.39, 0.29) is 28.2 Å². The third kappa shape index (κ3) is 4.92. The lowest BCUT2D eigenvalue weighted by molar-refractivity contribution is -0.384. The van der Waals surface area contributed by atoms with Crippen LogP contribution in [0.2, 0.25) is 5.02 Å². The van der Waals surface area contributed by atoms with Crippen LogP contribution in [0.15, 0.2) is 18.2 Å². The van der Waals surface area contributed by atoms with Gasteiger partial charge in [0.25, 0.3) is 11.6 Å². The summed E-state index contributed by atoms with van der Waals surface area (Å²) in [5, 5.41) is 13.4. The highest BCUT2D eigenvalue weighted by Crippen LogP contribution is 2.23. The highest BCUT2D eigenvalue weighted by Gasteiger charge is 2.19. The van der Waals surface area contributed by atoms with Crippen molar-refractivity contribution in [3.05, 3.63) is 38.9 Å². The van der Waals surface area contributed by atoms with E-state index < -0.39 is 17.5 Å². The van der Waals surface area contributed by atoms with Crippen LogP contribution in [0.3, 0.4) is 0 Å². The Morgan fingerprint density at radius 1 is 1.30 bits per heavy atom. The van der Waals surface area contributed by atoms with Crippen molar-refractivity contribution in [2.75, 3.05) is 6.61 Å². The quantitative estimate of drug-likeness (QED) is 0.505. The van der Waals surface area contributed by atoms with Crippen LogP contribution in [-0.4, -0.2) is 29.4 Å². The molecule has 0 spiro atoms. The molecule has 1 amide bonds. The molecule has 0 saturated heterocycles. The van der Waals surface area contributed by atoms with E-state index in [2.05, 4.69) is 5.32 Å². The predicted octanol–water partition coefficient (Wildman–Crippen LogP) is 2.85. The number of hydrogen-bond acceptors (Lipinski definition) is 5. The average Bonchev–Trinajstić information content (AvgIpc) is 2.53. The molecular formula is C15H17ClN2O5. The van der Waals surface area contributed by atoms with Crippen molar-refractivity contribution >= 4 is 29.2 Å². The lowest BCUT2D eigenvalue weighted by Gasteiger charge is -2.22. The van der Waals surface area contributed by atoms with Crippen molar-refractivity contribution in [3.8, 4) is 0 Å². The Balaban J connectivity index is 1.86. The van der Waals surface area contributed by atoms with Crippen molar-refractivity contribution in [1.82, 2.24) is 5.32 Å². The summed E-state index contributed by atoms with van der Waals surface area (Å²) in [5.74, 6) is -1.15. The summed E-state index contributed by atoms with van der Waals surface area (Å²) in [4.78, 5) is 33.7. The number of carbonyl (C=O) groups excluding carboxylic acids is 2. The highest BCUT2D eigenvalue weighted by molar-refractivity contribution is 6.33. The first-order valence-corrected chi connectivity index (χ1v) is 7.75. The monoisotopic (exact) mass is 340 g/mol. The molecule has 0 aromatic heterocycles. The molecule has 1 aliphatic carbocycles. The molecule has 0 atom stereocenters. The maximum atomic E-state index is 11.9. The van der Waals surface area contributed by atoms with Crippen LogP contribution in [0, 0.1) is 10.1 Å². The minimum atomic E-state index is -0.788. The maximum absolute atomic E-state index is 11.9. The second-order valence-corrected chi connectivity index (χ2v) is 5.81. The van der Waals surface area contributed by atoms with Gasteiger partial charge in [-0.15, -0.1) is 0 Å². The fourth-order valence-electron chi connectivity index (χ4n) is 2.51. The number of amides is 1. The molecule has 0 unspecified atom stereocenters. The van der Waals surface area contributed by atoms with Gasteiger partial charge in [-0.05, 0) is 18.9 Å². The first-order valence-electron chi connectivity index (χ1n) is 7.38. The summed E-state index contributed by atoms with van der Waals surface area (Å²) in [6.07, 6.45) is 5.23. The van der Waals surface area contributed by atoms with Gasteiger partial charge in [0, 0.05) is 18.2 Å². The molecule has 7 nitrogen and oxygen atoms in total. The number of esters is 1. The minimum Gasteiger partial charge on any atom is -0.452 e. The molecule has 0 heterocycles. The molecule has 0 radical (unpaired) electrons. The zero-order valence-corrected chi connectivity index (χ0v) is 13.2. The zero-order valence-electron chi connectivity index (χ0n) is 12.4. The Labute approximate surface area is 138 Å². The number of halogens is 1. The van der Waals surface area contributed by atoms with E-state index in [1.165, 1.54) is 12.5 Å². The van der Waals surface area contributed by atoms with E-state index in [4.69, 9.17) is 16.3 Å². The van der Waals surface area contributed by atoms with Gasteiger partial charge in [0.1, 0.15) is 0 Å². The van der Waals surface area contributed by atoms with Crippen LogP contribution in [-0.2, 0) is 9.53 Å². The molecule has 0 aliphatic heterocycles. The van der Waals surface area contributed by atoms with Crippen molar-refractivity contribution in [1.29, 1.82) is 0 Å². The van der Waals surface area contributed by atoms with Gasteiger partial charge in [0.2, 0.25) is 0 Å². The number of nitrogens with zero attached hydrogens (tertiary/aromatic N) is 1. The van der Waals surface area contributed by atoms with E-state index in [0.717, 1.165) is 37.8 Å². The van der Waals surface area contributed by atoms with Crippen LogP contribution in [0.25, 0.3) is 0 Å². The van der Waals surface area contributed by atoms with Gasteiger partial charge < -0.3 is 10.1 Å². The molecule has 2 rings (SSSR count). The first-order chi connectivity index (χ1) is 11.0. The molecule has 0 bridgehead atoms. The Morgan fingerprint density at radius 2 is 2.00 bits per heavy atom. The lowest BCUT2D eigenvalue weighted by Crippen LogP contribution is -2.38. The van der Waals surface area contributed by atoms with Crippen LogP contribution in [0.5, 0.6) is 0 Å². The number of nitro benzene ring substituents is 1. The number of ether oxygens (including phenoxy) is 1. The van der Waals surface area contributed by atoms with Gasteiger partial charge in [-0.25, -0.2) is 4.79 Å².